The smallest absolute Gasteiger partial charge is 0.119 e. The normalized spacial score (nSPS) is 12.0. The van der Waals surface area contributed by atoms with E-state index in [1.165, 1.54) is 5.56 Å². The molecule has 0 bridgehead atoms. The van der Waals surface area contributed by atoms with Crippen molar-refractivity contribution >= 4 is 37.5 Å². The van der Waals surface area contributed by atoms with E-state index < -0.39 is 6.10 Å². The van der Waals surface area contributed by atoms with E-state index in [1.54, 1.807) is 0 Å². The predicted octanol–water partition coefficient (Wildman–Crippen LogP) is 4.37. The van der Waals surface area contributed by atoms with E-state index in [2.05, 4.69) is 37.2 Å². The quantitative estimate of drug-likeness (QED) is 0.737. The van der Waals surface area contributed by atoms with Crippen molar-refractivity contribution < 1.29 is 9.84 Å². The molecule has 2 aromatic rings. The fraction of sp³-hybridized carbons (Fsp3) is 0.250. The molecule has 112 valence electrons. The van der Waals surface area contributed by atoms with E-state index >= 15 is 0 Å². The molecular formula is C16H17Br2NO2. The molecule has 0 heterocycles. The number of rotatable bonds is 6. The molecule has 5 heteroatoms. The molecule has 0 aliphatic heterocycles. The fourth-order valence-corrected chi connectivity index (χ4v) is 2.67. The number of aliphatic hydroxyl groups excluding tert-OH is 1. The average molecular weight is 415 g/mol. The predicted molar refractivity (Wildman–Crippen MR) is 93.0 cm³/mol. The van der Waals surface area contributed by atoms with Gasteiger partial charge in [0, 0.05) is 21.2 Å². The lowest BCUT2D eigenvalue weighted by Crippen LogP contribution is -2.26. The standard InChI is InChI=1S/C16H17Br2NO2/c1-11-2-7-16(15(18)8-11)19-9-13(20)10-21-14-5-3-12(17)4-6-14/h2-8,13,19-20H,9-10H2,1H3. The number of ether oxygens (including phenoxy) is 1. The van der Waals surface area contributed by atoms with E-state index in [1.807, 2.05) is 49.4 Å². The maximum Gasteiger partial charge on any atom is 0.119 e. The lowest BCUT2D eigenvalue weighted by molar-refractivity contribution is 0.117. The summed E-state index contributed by atoms with van der Waals surface area (Å²) < 4.78 is 7.53. The summed E-state index contributed by atoms with van der Waals surface area (Å²) in [6.45, 7) is 2.71. The zero-order valence-electron chi connectivity index (χ0n) is 11.6. The van der Waals surface area contributed by atoms with Gasteiger partial charge in [0.25, 0.3) is 0 Å². The van der Waals surface area contributed by atoms with Gasteiger partial charge in [0.05, 0.1) is 0 Å². The number of anilines is 1. The highest BCUT2D eigenvalue weighted by atomic mass is 79.9. The van der Waals surface area contributed by atoms with E-state index in [-0.39, 0.29) is 6.61 Å². The van der Waals surface area contributed by atoms with Crippen LogP contribution in [0.3, 0.4) is 0 Å². The SMILES string of the molecule is Cc1ccc(NCC(O)COc2ccc(Br)cc2)c(Br)c1. The van der Waals surface area contributed by atoms with Gasteiger partial charge in [-0.1, -0.05) is 22.0 Å². The summed E-state index contributed by atoms with van der Waals surface area (Å²) in [6, 6.07) is 13.6. The van der Waals surface area contributed by atoms with Crippen LogP contribution >= 0.6 is 31.9 Å². The molecule has 2 N–H and O–H groups in total. The summed E-state index contributed by atoms with van der Waals surface area (Å²) in [4.78, 5) is 0. The molecule has 21 heavy (non-hydrogen) atoms. The van der Waals surface area contributed by atoms with Gasteiger partial charge < -0.3 is 15.2 Å². The van der Waals surface area contributed by atoms with Crippen LogP contribution in [0.5, 0.6) is 5.75 Å². The first-order valence-corrected chi connectivity index (χ1v) is 8.19. The van der Waals surface area contributed by atoms with Crippen LogP contribution in [-0.4, -0.2) is 24.4 Å². The Bertz CT molecular complexity index is 587. The molecule has 0 aliphatic carbocycles. The monoisotopic (exact) mass is 413 g/mol. The molecule has 2 rings (SSSR count). The van der Waals surface area contributed by atoms with Gasteiger partial charge in [-0.05, 0) is 64.8 Å². The number of hydrogen-bond donors (Lipinski definition) is 2. The Hall–Kier alpha value is -1.04. The number of hydrogen-bond acceptors (Lipinski definition) is 3. The third kappa shape index (κ3) is 5.34. The molecular weight excluding hydrogens is 398 g/mol. The van der Waals surface area contributed by atoms with Crippen LogP contribution in [0.15, 0.2) is 51.4 Å². The molecule has 1 unspecified atom stereocenters. The maximum atomic E-state index is 9.96. The Kier molecular flexibility index (Phi) is 6.08. The highest BCUT2D eigenvalue weighted by molar-refractivity contribution is 9.10. The molecule has 0 spiro atoms. The van der Waals surface area contributed by atoms with Crippen LogP contribution in [0.4, 0.5) is 5.69 Å². The van der Waals surface area contributed by atoms with Crippen LogP contribution in [0, 0.1) is 6.92 Å². The summed E-state index contributed by atoms with van der Waals surface area (Å²) in [7, 11) is 0. The summed E-state index contributed by atoms with van der Waals surface area (Å²) in [6.07, 6.45) is -0.582. The van der Waals surface area contributed by atoms with Gasteiger partial charge in [0.1, 0.15) is 18.5 Å². The van der Waals surface area contributed by atoms with Gasteiger partial charge >= 0.3 is 0 Å². The van der Waals surface area contributed by atoms with E-state index in [9.17, 15) is 5.11 Å². The number of nitrogens with one attached hydrogen (secondary N) is 1. The lowest BCUT2D eigenvalue weighted by Gasteiger charge is -2.15. The van der Waals surface area contributed by atoms with Crippen LogP contribution in [0.1, 0.15) is 5.56 Å². The summed E-state index contributed by atoms with van der Waals surface area (Å²) in [5, 5.41) is 13.2. The third-order valence-electron chi connectivity index (χ3n) is 2.91. The summed E-state index contributed by atoms with van der Waals surface area (Å²) in [5.41, 5.74) is 2.15. The Morgan fingerprint density at radius 3 is 2.52 bits per heavy atom. The highest BCUT2D eigenvalue weighted by Crippen LogP contribution is 2.23. The van der Waals surface area contributed by atoms with Gasteiger partial charge in [0.15, 0.2) is 0 Å². The molecule has 0 radical (unpaired) electrons. The minimum atomic E-state index is -0.582. The van der Waals surface area contributed by atoms with Gasteiger partial charge in [0.2, 0.25) is 0 Å². The first-order valence-electron chi connectivity index (χ1n) is 6.61. The van der Waals surface area contributed by atoms with Crippen molar-refractivity contribution in [3.8, 4) is 5.75 Å². The Morgan fingerprint density at radius 1 is 1.14 bits per heavy atom. The zero-order chi connectivity index (χ0) is 15.2. The Morgan fingerprint density at radius 2 is 1.86 bits per heavy atom. The third-order valence-corrected chi connectivity index (χ3v) is 4.09. The topological polar surface area (TPSA) is 41.5 Å². The Balaban J connectivity index is 1.79. The number of aryl methyl sites for hydroxylation is 1. The lowest BCUT2D eigenvalue weighted by atomic mass is 10.2. The van der Waals surface area contributed by atoms with Crippen molar-refractivity contribution in [1.29, 1.82) is 0 Å². The first-order chi connectivity index (χ1) is 10.0. The Labute approximate surface area is 141 Å². The minimum absolute atomic E-state index is 0.248. The van der Waals surface area contributed by atoms with Crippen LogP contribution < -0.4 is 10.1 Å². The van der Waals surface area contributed by atoms with Crippen LogP contribution in [0.2, 0.25) is 0 Å². The maximum absolute atomic E-state index is 9.96. The molecule has 0 saturated carbocycles. The zero-order valence-corrected chi connectivity index (χ0v) is 14.8. The summed E-state index contributed by atoms with van der Waals surface area (Å²) >= 11 is 6.87. The molecule has 0 aliphatic rings. The van der Waals surface area contributed by atoms with Crippen molar-refractivity contribution in [1.82, 2.24) is 0 Å². The summed E-state index contributed by atoms with van der Waals surface area (Å²) in [5.74, 6) is 0.744. The molecule has 0 saturated heterocycles. The number of benzene rings is 2. The van der Waals surface area contributed by atoms with Crippen molar-refractivity contribution in [3.05, 3.63) is 57.0 Å². The highest BCUT2D eigenvalue weighted by Gasteiger charge is 2.07. The van der Waals surface area contributed by atoms with E-state index in [4.69, 9.17) is 4.74 Å². The van der Waals surface area contributed by atoms with E-state index in [0.717, 1.165) is 20.4 Å². The van der Waals surface area contributed by atoms with Crippen molar-refractivity contribution in [2.75, 3.05) is 18.5 Å². The fourth-order valence-electron chi connectivity index (χ4n) is 1.77. The second-order valence-electron chi connectivity index (χ2n) is 4.78. The molecule has 0 aromatic heterocycles. The molecule has 2 aromatic carbocycles. The van der Waals surface area contributed by atoms with Crippen molar-refractivity contribution in [3.63, 3.8) is 0 Å². The van der Waals surface area contributed by atoms with Gasteiger partial charge in [-0.2, -0.15) is 0 Å². The van der Waals surface area contributed by atoms with Crippen molar-refractivity contribution in [2.24, 2.45) is 0 Å². The van der Waals surface area contributed by atoms with Crippen LogP contribution in [-0.2, 0) is 0 Å². The van der Waals surface area contributed by atoms with Gasteiger partial charge in [-0.25, -0.2) is 0 Å². The number of halogens is 2. The second-order valence-corrected chi connectivity index (χ2v) is 6.55. The molecule has 3 nitrogen and oxygen atoms in total. The van der Waals surface area contributed by atoms with E-state index in [0.29, 0.717) is 6.54 Å². The minimum Gasteiger partial charge on any atom is -0.491 e. The average Bonchev–Trinajstić information content (AvgIpc) is 2.46. The first kappa shape index (κ1) is 16.3. The van der Waals surface area contributed by atoms with Crippen molar-refractivity contribution in [2.45, 2.75) is 13.0 Å². The van der Waals surface area contributed by atoms with Gasteiger partial charge in [-0.3, -0.25) is 0 Å². The van der Waals surface area contributed by atoms with Crippen LogP contribution in [0.25, 0.3) is 0 Å². The molecule has 0 amide bonds. The molecule has 0 fully saturated rings. The largest absolute Gasteiger partial charge is 0.491 e. The van der Waals surface area contributed by atoms with Gasteiger partial charge in [-0.15, -0.1) is 0 Å². The molecule has 1 atom stereocenters. The second kappa shape index (κ2) is 7.82. The number of aliphatic hydroxyl groups is 1.